The van der Waals surface area contributed by atoms with Crippen molar-refractivity contribution in [3.05, 3.63) is 89.7 Å². The zero-order valence-corrected chi connectivity index (χ0v) is 17.2. The molecule has 0 aliphatic carbocycles. The van der Waals surface area contributed by atoms with Crippen LogP contribution in [0.3, 0.4) is 0 Å². The van der Waals surface area contributed by atoms with Crippen LogP contribution in [0.4, 0.5) is 4.79 Å². The van der Waals surface area contributed by atoms with Gasteiger partial charge in [0.05, 0.1) is 0 Å². The molecule has 0 spiro atoms. The van der Waals surface area contributed by atoms with E-state index in [4.69, 9.17) is 9.47 Å². The summed E-state index contributed by atoms with van der Waals surface area (Å²) in [5.74, 6) is 1.44. The SMILES string of the molecule is Cc1ccc(Cc2ccc(OC(=O)N3CCC(Oc4ccccc4)CC3)cc2)cn1. The van der Waals surface area contributed by atoms with E-state index in [9.17, 15) is 4.79 Å². The van der Waals surface area contributed by atoms with Crippen LogP contribution < -0.4 is 9.47 Å². The van der Waals surface area contributed by atoms with E-state index < -0.39 is 0 Å². The summed E-state index contributed by atoms with van der Waals surface area (Å²) in [7, 11) is 0. The average Bonchev–Trinajstić information content (AvgIpc) is 2.78. The van der Waals surface area contributed by atoms with E-state index in [-0.39, 0.29) is 12.2 Å². The molecule has 1 saturated heterocycles. The van der Waals surface area contributed by atoms with Gasteiger partial charge in [-0.1, -0.05) is 36.4 Å². The summed E-state index contributed by atoms with van der Waals surface area (Å²) in [6, 6.07) is 21.6. The number of pyridine rings is 1. The lowest BCUT2D eigenvalue weighted by Gasteiger charge is -2.31. The molecule has 0 unspecified atom stereocenters. The molecule has 1 aliphatic heterocycles. The summed E-state index contributed by atoms with van der Waals surface area (Å²) >= 11 is 0. The third kappa shape index (κ3) is 5.38. The first-order valence-electron chi connectivity index (χ1n) is 10.3. The number of amides is 1. The Morgan fingerprint density at radius 3 is 2.30 bits per heavy atom. The maximum Gasteiger partial charge on any atom is 0.415 e. The molecular formula is C25H26N2O3. The number of carbonyl (C=O) groups is 1. The Morgan fingerprint density at radius 1 is 0.933 bits per heavy atom. The maximum absolute atomic E-state index is 12.5. The Hall–Kier alpha value is -3.34. The summed E-state index contributed by atoms with van der Waals surface area (Å²) in [5, 5.41) is 0. The van der Waals surface area contributed by atoms with Gasteiger partial charge in [-0.05, 0) is 54.8 Å². The fraction of sp³-hybridized carbons (Fsp3) is 0.280. The van der Waals surface area contributed by atoms with E-state index in [2.05, 4.69) is 11.1 Å². The lowest BCUT2D eigenvalue weighted by molar-refractivity contribution is 0.0930. The number of aromatic nitrogens is 1. The van der Waals surface area contributed by atoms with E-state index in [1.165, 1.54) is 0 Å². The van der Waals surface area contributed by atoms with Crippen LogP contribution in [0.5, 0.6) is 11.5 Å². The predicted molar refractivity (Wildman–Crippen MR) is 116 cm³/mol. The molecule has 0 atom stereocenters. The number of nitrogens with zero attached hydrogens (tertiary/aromatic N) is 2. The first kappa shape index (κ1) is 20.0. The van der Waals surface area contributed by atoms with E-state index in [0.29, 0.717) is 18.8 Å². The quantitative estimate of drug-likeness (QED) is 0.601. The molecule has 3 aromatic rings. The maximum atomic E-state index is 12.5. The molecule has 0 bridgehead atoms. The highest BCUT2D eigenvalue weighted by Crippen LogP contribution is 2.21. The normalized spacial score (nSPS) is 14.4. The Labute approximate surface area is 177 Å². The molecule has 0 N–H and O–H groups in total. The van der Waals surface area contributed by atoms with Crippen molar-refractivity contribution in [2.24, 2.45) is 0 Å². The molecule has 4 rings (SSSR count). The second kappa shape index (κ2) is 9.44. The number of aryl methyl sites for hydroxylation is 1. The van der Waals surface area contributed by atoms with Gasteiger partial charge in [-0.3, -0.25) is 4.98 Å². The van der Waals surface area contributed by atoms with Crippen LogP contribution in [0.2, 0.25) is 0 Å². The van der Waals surface area contributed by atoms with Crippen molar-refractivity contribution >= 4 is 6.09 Å². The van der Waals surface area contributed by atoms with Gasteiger partial charge in [-0.25, -0.2) is 4.79 Å². The van der Waals surface area contributed by atoms with Crippen LogP contribution in [0.25, 0.3) is 0 Å². The van der Waals surface area contributed by atoms with Crippen LogP contribution in [-0.4, -0.2) is 35.2 Å². The molecule has 2 heterocycles. The number of piperidine rings is 1. The highest BCUT2D eigenvalue weighted by Gasteiger charge is 2.25. The van der Waals surface area contributed by atoms with E-state index in [1.807, 2.05) is 73.8 Å². The number of carbonyl (C=O) groups excluding carboxylic acids is 1. The molecule has 2 aromatic carbocycles. The number of ether oxygens (including phenoxy) is 2. The van der Waals surface area contributed by atoms with Crippen LogP contribution in [0.15, 0.2) is 72.9 Å². The molecule has 154 valence electrons. The minimum Gasteiger partial charge on any atom is -0.490 e. The van der Waals surface area contributed by atoms with Crippen LogP contribution in [-0.2, 0) is 6.42 Å². The molecule has 1 aliphatic rings. The molecule has 30 heavy (non-hydrogen) atoms. The van der Waals surface area contributed by atoms with E-state index in [1.54, 1.807) is 4.90 Å². The molecule has 0 radical (unpaired) electrons. The van der Waals surface area contributed by atoms with Crippen molar-refractivity contribution < 1.29 is 14.3 Å². The van der Waals surface area contributed by atoms with Gasteiger partial charge >= 0.3 is 6.09 Å². The van der Waals surface area contributed by atoms with Gasteiger partial charge in [0.2, 0.25) is 0 Å². The number of likely N-dealkylation sites (tertiary alicyclic amines) is 1. The Bertz CT molecular complexity index is 948. The Morgan fingerprint density at radius 2 is 1.63 bits per heavy atom. The Balaban J connectivity index is 1.25. The van der Waals surface area contributed by atoms with E-state index >= 15 is 0 Å². The van der Waals surface area contributed by atoms with Crippen molar-refractivity contribution in [1.82, 2.24) is 9.88 Å². The second-order valence-corrected chi connectivity index (χ2v) is 7.61. The molecule has 1 fully saturated rings. The number of hydrogen-bond acceptors (Lipinski definition) is 4. The van der Waals surface area contributed by atoms with Crippen molar-refractivity contribution in [3.63, 3.8) is 0 Å². The first-order valence-corrected chi connectivity index (χ1v) is 10.3. The summed E-state index contributed by atoms with van der Waals surface area (Å²) in [6.45, 7) is 3.25. The molecular weight excluding hydrogens is 376 g/mol. The summed E-state index contributed by atoms with van der Waals surface area (Å²) in [5.41, 5.74) is 3.32. The standard InChI is InChI=1S/C25H26N2O3/c1-19-7-8-21(18-26-19)17-20-9-11-23(12-10-20)30-25(28)27-15-13-24(14-16-27)29-22-5-3-2-4-6-22/h2-12,18,24H,13-17H2,1H3. The fourth-order valence-electron chi connectivity index (χ4n) is 3.53. The molecule has 1 aromatic heterocycles. The number of benzene rings is 2. The number of para-hydroxylation sites is 1. The monoisotopic (exact) mass is 402 g/mol. The third-order valence-corrected chi connectivity index (χ3v) is 5.26. The molecule has 1 amide bonds. The van der Waals surface area contributed by atoms with Gasteiger partial charge in [-0.15, -0.1) is 0 Å². The van der Waals surface area contributed by atoms with Gasteiger partial charge in [0.25, 0.3) is 0 Å². The van der Waals surface area contributed by atoms with Crippen molar-refractivity contribution in [2.45, 2.75) is 32.3 Å². The van der Waals surface area contributed by atoms with Crippen LogP contribution >= 0.6 is 0 Å². The van der Waals surface area contributed by atoms with Crippen LogP contribution in [0.1, 0.15) is 29.7 Å². The topological polar surface area (TPSA) is 51.7 Å². The lowest BCUT2D eigenvalue weighted by atomic mass is 10.1. The number of rotatable bonds is 5. The van der Waals surface area contributed by atoms with Gasteiger partial charge in [-0.2, -0.15) is 0 Å². The highest BCUT2D eigenvalue weighted by atomic mass is 16.6. The smallest absolute Gasteiger partial charge is 0.415 e. The van der Waals surface area contributed by atoms with E-state index in [0.717, 1.165) is 41.8 Å². The third-order valence-electron chi connectivity index (χ3n) is 5.26. The second-order valence-electron chi connectivity index (χ2n) is 7.61. The van der Waals surface area contributed by atoms with Gasteiger partial charge in [0.1, 0.15) is 17.6 Å². The molecule has 5 heteroatoms. The highest BCUT2D eigenvalue weighted by molar-refractivity contribution is 5.70. The van der Waals surface area contributed by atoms with Crippen molar-refractivity contribution in [2.75, 3.05) is 13.1 Å². The summed E-state index contributed by atoms with van der Waals surface area (Å²) in [4.78, 5) is 18.6. The summed E-state index contributed by atoms with van der Waals surface area (Å²) in [6.07, 6.45) is 4.13. The van der Waals surface area contributed by atoms with Gasteiger partial charge in [0, 0.05) is 37.8 Å². The zero-order valence-electron chi connectivity index (χ0n) is 17.2. The minimum absolute atomic E-state index is 0.131. The lowest BCUT2D eigenvalue weighted by Crippen LogP contribution is -2.43. The minimum atomic E-state index is -0.302. The van der Waals surface area contributed by atoms with Gasteiger partial charge in [0.15, 0.2) is 0 Å². The van der Waals surface area contributed by atoms with Gasteiger partial charge < -0.3 is 14.4 Å². The fourth-order valence-corrected chi connectivity index (χ4v) is 3.53. The van der Waals surface area contributed by atoms with Crippen LogP contribution in [0, 0.1) is 6.92 Å². The average molecular weight is 402 g/mol. The van der Waals surface area contributed by atoms with Crippen molar-refractivity contribution in [3.8, 4) is 11.5 Å². The molecule has 0 saturated carbocycles. The van der Waals surface area contributed by atoms with Crippen molar-refractivity contribution in [1.29, 1.82) is 0 Å². The predicted octanol–water partition coefficient (Wildman–Crippen LogP) is 5.02. The zero-order chi connectivity index (χ0) is 20.8. The largest absolute Gasteiger partial charge is 0.490 e. The molecule has 5 nitrogen and oxygen atoms in total. The first-order chi connectivity index (χ1) is 14.7. The Kier molecular flexibility index (Phi) is 6.28. The summed E-state index contributed by atoms with van der Waals surface area (Å²) < 4.78 is 11.5. The number of hydrogen-bond donors (Lipinski definition) is 0.